The summed E-state index contributed by atoms with van der Waals surface area (Å²) in [6.45, 7) is 1.71. The van der Waals surface area contributed by atoms with E-state index in [0.29, 0.717) is 0 Å². The highest BCUT2D eigenvalue weighted by Gasteiger charge is 2.20. The summed E-state index contributed by atoms with van der Waals surface area (Å²) < 4.78 is 23.9. The molecule has 0 aliphatic rings. The minimum absolute atomic E-state index is 0. The van der Waals surface area contributed by atoms with E-state index in [1.807, 2.05) is 0 Å². The Labute approximate surface area is 119 Å². The molecular formula is C12H18ClNO4S. The molecule has 0 bridgehead atoms. The number of carboxylic acids is 1. The molecule has 0 aliphatic heterocycles. The summed E-state index contributed by atoms with van der Waals surface area (Å²) in [5.74, 6) is -1.06. The van der Waals surface area contributed by atoms with Crippen LogP contribution in [0.15, 0.2) is 35.2 Å². The van der Waals surface area contributed by atoms with Gasteiger partial charge < -0.3 is 5.11 Å². The molecule has 1 aromatic rings. The highest BCUT2D eigenvalue weighted by atomic mass is 35.5. The topological polar surface area (TPSA) is 74.7 Å². The van der Waals surface area contributed by atoms with Crippen molar-refractivity contribution in [2.24, 2.45) is 0 Å². The zero-order valence-corrected chi connectivity index (χ0v) is 12.4. The van der Waals surface area contributed by atoms with E-state index in [1.54, 1.807) is 25.2 Å². The SMILES string of the molecule is CC(C(=O)O)N(C)CCS(=O)(=O)c1ccccc1.Cl. The van der Waals surface area contributed by atoms with Gasteiger partial charge in [0.15, 0.2) is 9.84 Å². The maximum absolute atomic E-state index is 12.0. The van der Waals surface area contributed by atoms with Crippen molar-refractivity contribution >= 4 is 28.2 Å². The highest BCUT2D eigenvalue weighted by molar-refractivity contribution is 7.91. The molecular weight excluding hydrogens is 290 g/mol. The molecule has 0 aromatic heterocycles. The zero-order valence-electron chi connectivity index (χ0n) is 10.8. The summed E-state index contributed by atoms with van der Waals surface area (Å²) in [6, 6.07) is 7.45. The monoisotopic (exact) mass is 307 g/mol. The number of aliphatic carboxylic acids is 1. The Morgan fingerprint density at radius 1 is 1.32 bits per heavy atom. The number of sulfone groups is 1. The average molecular weight is 308 g/mol. The van der Waals surface area contributed by atoms with Crippen LogP contribution in [-0.2, 0) is 14.6 Å². The molecule has 0 amide bonds. The van der Waals surface area contributed by atoms with Crippen molar-refractivity contribution in [3.05, 3.63) is 30.3 Å². The van der Waals surface area contributed by atoms with Crippen LogP contribution in [0.3, 0.4) is 0 Å². The highest BCUT2D eigenvalue weighted by Crippen LogP contribution is 2.10. The van der Waals surface area contributed by atoms with Crippen molar-refractivity contribution in [3.63, 3.8) is 0 Å². The standard InChI is InChI=1S/C12H17NO4S.ClH/c1-10(12(14)15)13(2)8-9-18(16,17)11-6-4-3-5-7-11;/h3-7,10H,8-9H2,1-2H3,(H,14,15);1H. The molecule has 0 saturated heterocycles. The molecule has 7 heteroatoms. The van der Waals surface area contributed by atoms with Crippen molar-refractivity contribution in [2.45, 2.75) is 17.9 Å². The normalized spacial score (nSPS) is 12.8. The lowest BCUT2D eigenvalue weighted by Gasteiger charge is -2.20. The largest absolute Gasteiger partial charge is 0.480 e. The van der Waals surface area contributed by atoms with Gasteiger partial charge in [-0.3, -0.25) is 9.69 Å². The molecule has 0 saturated carbocycles. The van der Waals surface area contributed by atoms with E-state index in [1.165, 1.54) is 24.0 Å². The number of carbonyl (C=O) groups is 1. The van der Waals surface area contributed by atoms with E-state index in [2.05, 4.69) is 0 Å². The molecule has 0 aliphatic carbocycles. The van der Waals surface area contributed by atoms with Crippen molar-refractivity contribution in [3.8, 4) is 0 Å². The first kappa shape index (κ1) is 17.9. The number of carboxylic acid groups (broad SMARTS) is 1. The Bertz CT molecular complexity index is 504. The fourth-order valence-electron chi connectivity index (χ4n) is 1.39. The summed E-state index contributed by atoms with van der Waals surface area (Å²) in [7, 11) is -1.75. The Balaban J connectivity index is 0.00000324. The van der Waals surface area contributed by atoms with Crippen LogP contribution in [0.1, 0.15) is 6.92 Å². The number of halogens is 1. The van der Waals surface area contributed by atoms with Crippen molar-refractivity contribution < 1.29 is 18.3 Å². The van der Waals surface area contributed by atoms with Gasteiger partial charge in [0.25, 0.3) is 0 Å². The molecule has 19 heavy (non-hydrogen) atoms. The number of nitrogens with zero attached hydrogens (tertiary/aromatic N) is 1. The van der Waals surface area contributed by atoms with Gasteiger partial charge in [-0.25, -0.2) is 8.42 Å². The summed E-state index contributed by atoms with van der Waals surface area (Å²) in [5, 5.41) is 8.81. The molecule has 0 fully saturated rings. The predicted molar refractivity (Wildman–Crippen MR) is 75.5 cm³/mol. The summed E-state index contributed by atoms with van der Waals surface area (Å²) >= 11 is 0. The van der Waals surface area contributed by atoms with Gasteiger partial charge in [-0.05, 0) is 26.1 Å². The Hall–Kier alpha value is -1.11. The van der Waals surface area contributed by atoms with E-state index in [0.717, 1.165) is 0 Å². The van der Waals surface area contributed by atoms with E-state index in [4.69, 9.17) is 5.11 Å². The minimum atomic E-state index is -3.35. The molecule has 108 valence electrons. The van der Waals surface area contributed by atoms with Crippen LogP contribution in [0, 0.1) is 0 Å². The van der Waals surface area contributed by atoms with Crippen molar-refractivity contribution in [1.82, 2.24) is 4.90 Å². The van der Waals surface area contributed by atoms with Crippen molar-refractivity contribution in [1.29, 1.82) is 0 Å². The molecule has 1 aromatic carbocycles. The predicted octanol–water partition coefficient (Wildman–Crippen LogP) is 1.29. The average Bonchev–Trinajstić information content (AvgIpc) is 2.36. The van der Waals surface area contributed by atoms with Crippen LogP contribution >= 0.6 is 12.4 Å². The van der Waals surface area contributed by atoms with E-state index in [-0.39, 0.29) is 29.6 Å². The first-order chi connectivity index (χ1) is 8.34. The Kier molecular flexibility index (Phi) is 7.04. The fraction of sp³-hybridized carbons (Fsp3) is 0.417. The van der Waals surface area contributed by atoms with Gasteiger partial charge >= 0.3 is 5.97 Å². The number of benzene rings is 1. The fourth-order valence-corrected chi connectivity index (χ4v) is 2.73. The second-order valence-corrected chi connectivity index (χ2v) is 6.24. The van der Waals surface area contributed by atoms with Crippen LogP contribution < -0.4 is 0 Å². The molecule has 0 radical (unpaired) electrons. The molecule has 0 spiro atoms. The van der Waals surface area contributed by atoms with Crippen LogP contribution in [0.5, 0.6) is 0 Å². The maximum Gasteiger partial charge on any atom is 0.320 e. The van der Waals surface area contributed by atoms with Gasteiger partial charge in [-0.15, -0.1) is 12.4 Å². The summed E-state index contributed by atoms with van der Waals surface area (Å²) in [4.78, 5) is 12.5. The van der Waals surface area contributed by atoms with E-state index in [9.17, 15) is 13.2 Å². The van der Waals surface area contributed by atoms with Crippen molar-refractivity contribution in [2.75, 3.05) is 19.3 Å². The lowest BCUT2D eigenvalue weighted by Crippen LogP contribution is -2.38. The zero-order chi connectivity index (χ0) is 13.8. The van der Waals surface area contributed by atoms with Gasteiger partial charge in [-0.1, -0.05) is 18.2 Å². The molecule has 1 N–H and O–H groups in total. The number of likely N-dealkylation sites (N-methyl/N-ethyl adjacent to an activating group) is 1. The third kappa shape index (κ3) is 5.18. The van der Waals surface area contributed by atoms with Gasteiger partial charge in [0.1, 0.15) is 6.04 Å². The Morgan fingerprint density at radius 2 is 1.84 bits per heavy atom. The third-order valence-corrected chi connectivity index (χ3v) is 4.54. The molecule has 1 rings (SSSR count). The van der Waals surface area contributed by atoms with Crippen LogP contribution in [-0.4, -0.2) is 49.8 Å². The summed E-state index contributed by atoms with van der Waals surface area (Å²) in [6.07, 6.45) is 0. The lowest BCUT2D eigenvalue weighted by molar-refractivity contribution is -0.142. The quantitative estimate of drug-likeness (QED) is 0.857. The van der Waals surface area contributed by atoms with E-state index < -0.39 is 21.8 Å². The smallest absolute Gasteiger partial charge is 0.320 e. The van der Waals surface area contributed by atoms with Crippen LogP contribution in [0.4, 0.5) is 0 Å². The first-order valence-corrected chi connectivity index (χ1v) is 7.20. The minimum Gasteiger partial charge on any atom is -0.480 e. The van der Waals surface area contributed by atoms with Gasteiger partial charge in [0.05, 0.1) is 10.6 Å². The van der Waals surface area contributed by atoms with Crippen LogP contribution in [0.2, 0.25) is 0 Å². The summed E-state index contributed by atoms with van der Waals surface area (Å²) in [5.41, 5.74) is 0. The molecule has 1 atom stereocenters. The van der Waals surface area contributed by atoms with Gasteiger partial charge in [0, 0.05) is 6.54 Å². The molecule has 5 nitrogen and oxygen atoms in total. The Morgan fingerprint density at radius 3 is 2.32 bits per heavy atom. The number of hydrogen-bond donors (Lipinski definition) is 1. The van der Waals surface area contributed by atoms with E-state index >= 15 is 0 Å². The third-order valence-electron chi connectivity index (χ3n) is 2.83. The van der Waals surface area contributed by atoms with Crippen LogP contribution in [0.25, 0.3) is 0 Å². The molecule has 0 heterocycles. The molecule has 1 unspecified atom stereocenters. The van der Waals surface area contributed by atoms with Gasteiger partial charge in [-0.2, -0.15) is 0 Å². The lowest BCUT2D eigenvalue weighted by atomic mass is 10.3. The first-order valence-electron chi connectivity index (χ1n) is 5.55. The number of rotatable bonds is 6. The second-order valence-electron chi connectivity index (χ2n) is 4.13. The second kappa shape index (κ2) is 7.47. The van der Waals surface area contributed by atoms with Gasteiger partial charge in [0.2, 0.25) is 0 Å². The maximum atomic E-state index is 12.0. The number of hydrogen-bond acceptors (Lipinski definition) is 4.